The molecule has 0 unspecified atom stereocenters. The predicted molar refractivity (Wildman–Crippen MR) is 69.4 cm³/mol. The first-order chi connectivity index (χ1) is 8.27. The Morgan fingerprint density at radius 3 is 1.89 bits per heavy atom. The maximum atomic E-state index is 12.1. The van der Waals surface area contributed by atoms with Gasteiger partial charge in [-0.15, -0.1) is 0 Å². The highest BCUT2D eigenvalue weighted by molar-refractivity contribution is 7.48. The van der Waals surface area contributed by atoms with Gasteiger partial charge in [-0.2, -0.15) is 0 Å². The molecule has 0 spiro atoms. The normalized spacial score (nSPS) is 11.0. The number of carbonyl (C=O) groups is 1. The lowest BCUT2D eigenvalue weighted by atomic mass is 10.5. The highest BCUT2D eigenvalue weighted by Crippen LogP contribution is 2.52. The van der Waals surface area contributed by atoms with Crippen LogP contribution in [0.5, 0.6) is 0 Å². The lowest BCUT2D eigenvalue weighted by Gasteiger charge is -2.20. The van der Waals surface area contributed by atoms with E-state index in [-0.39, 0.29) is 13.2 Å². The van der Waals surface area contributed by atoms with E-state index in [4.69, 9.17) is 36.8 Å². The summed E-state index contributed by atoms with van der Waals surface area (Å²) in [7, 11) is -0.963. The van der Waals surface area contributed by atoms with Gasteiger partial charge in [0.1, 0.15) is 0 Å². The molecule has 0 N–H and O–H groups in total. The second kappa shape index (κ2) is 8.02. The first kappa shape index (κ1) is 17.7. The van der Waals surface area contributed by atoms with Gasteiger partial charge in [0, 0.05) is 14.1 Å². The molecule has 0 aliphatic rings. The topological polar surface area (TPSA) is 65.1 Å². The summed E-state index contributed by atoms with van der Waals surface area (Å²) >= 11 is 11.1. The number of halogens is 2. The van der Waals surface area contributed by atoms with Gasteiger partial charge in [0.15, 0.2) is 4.49 Å². The first-order valence-electron chi connectivity index (χ1n) is 5.13. The van der Waals surface area contributed by atoms with Crippen LogP contribution in [0, 0.1) is 0 Å². The van der Waals surface area contributed by atoms with Crippen molar-refractivity contribution < 1.29 is 22.9 Å². The Hall–Kier alpha value is -0.260. The highest BCUT2D eigenvalue weighted by Gasteiger charge is 2.33. The van der Waals surface area contributed by atoms with Crippen molar-refractivity contribution in [1.82, 2.24) is 4.90 Å². The predicted octanol–water partition coefficient (Wildman–Crippen LogP) is 2.92. The smallest absolute Gasteiger partial charge is 0.395 e. The van der Waals surface area contributed by atoms with Gasteiger partial charge in [-0.05, 0) is 13.8 Å². The number of hydrogen-bond acceptors (Lipinski definition) is 5. The second-order valence-corrected chi connectivity index (χ2v) is 5.71. The number of amides is 1. The molecule has 0 atom stereocenters. The van der Waals surface area contributed by atoms with E-state index >= 15 is 0 Å². The van der Waals surface area contributed by atoms with Gasteiger partial charge in [-0.25, -0.2) is 4.57 Å². The van der Waals surface area contributed by atoms with Crippen LogP contribution in [0.4, 0.5) is 0 Å². The maximum absolute atomic E-state index is 12.1. The zero-order valence-corrected chi connectivity index (χ0v) is 13.0. The maximum Gasteiger partial charge on any atom is 0.530 e. The average Bonchev–Trinajstić information content (AvgIpc) is 2.25. The molecule has 1 amide bonds. The van der Waals surface area contributed by atoms with E-state index in [1.165, 1.54) is 19.0 Å². The van der Waals surface area contributed by atoms with Gasteiger partial charge in [0.2, 0.25) is 5.76 Å². The number of rotatable bonds is 7. The fraction of sp³-hybridized carbons (Fsp3) is 0.667. The van der Waals surface area contributed by atoms with E-state index < -0.39 is 24.0 Å². The van der Waals surface area contributed by atoms with Crippen molar-refractivity contribution in [2.24, 2.45) is 0 Å². The Morgan fingerprint density at radius 2 is 1.61 bits per heavy atom. The molecule has 0 bridgehead atoms. The summed E-state index contributed by atoms with van der Waals surface area (Å²) < 4.78 is 26.3. The Labute approximate surface area is 116 Å². The quantitative estimate of drug-likeness (QED) is 0.410. The van der Waals surface area contributed by atoms with Crippen LogP contribution in [0.15, 0.2) is 10.3 Å². The van der Waals surface area contributed by atoms with Crippen molar-refractivity contribution in [3.8, 4) is 0 Å². The summed E-state index contributed by atoms with van der Waals surface area (Å²) in [6.07, 6.45) is 0. The summed E-state index contributed by atoms with van der Waals surface area (Å²) in [6.45, 7) is 3.38. The van der Waals surface area contributed by atoms with Gasteiger partial charge in [0.05, 0.1) is 13.2 Å². The summed E-state index contributed by atoms with van der Waals surface area (Å²) in [5.41, 5.74) is 0. The molecule has 0 heterocycles. The minimum Gasteiger partial charge on any atom is -0.395 e. The van der Waals surface area contributed by atoms with Crippen molar-refractivity contribution in [2.45, 2.75) is 13.8 Å². The fourth-order valence-electron chi connectivity index (χ4n) is 0.875. The fourth-order valence-corrected chi connectivity index (χ4v) is 2.43. The molecule has 0 fully saturated rings. The highest BCUT2D eigenvalue weighted by atomic mass is 35.5. The zero-order chi connectivity index (χ0) is 14.3. The molecule has 0 aromatic heterocycles. The van der Waals surface area contributed by atoms with Crippen LogP contribution >= 0.6 is 31.0 Å². The minimum absolute atomic E-state index is 0.0839. The third kappa shape index (κ3) is 5.59. The van der Waals surface area contributed by atoms with Crippen molar-refractivity contribution in [3.63, 3.8) is 0 Å². The largest absolute Gasteiger partial charge is 0.530 e. The molecule has 18 heavy (non-hydrogen) atoms. The van der Waals surface area contributed by atoms with Crippen LogP contribution in [0.3, 0.4) is 0 Å². The van der Waals surface area contributed by atoms with E-state index in [1.54, 1.807) is 13.8 Å². The Bertz CT molecular complexity index is 358. The first-order valence-corrected chi connectivity index (χ1v) is 7.34. The van der Waals surface area contributed by atoms with Crippen LogP contribution in [-0.2, 0) is 22.9 Å². The van der Waals surface area contributed by atoms with Crippen molar-refractivity contribution in [3.05, 3.63) is 10.3 Å². The summed E-state index contributed by atoms with van der Waals surface area (Å²) in [5, 5.41) is 0. The van der Waals surface area contributed by atoms with Gasteiger partial charge in [0.25, 0.3) is 5.91 Å². The van der Waals surface area contributed by atoms with Crippen molar-refractivity contribution in [1.29, 1.82) is 0 Å². The SMILES string of the molecule is CCOP(=O)(OCC)OC(C(=O)N(C)C)=C(Cl)Cl. The summed E-state index contributed by atoms with van der Waals surface area (Å²) in [6, 6.07) is 0. The van der Waals surface area contributed by atoms with Crippen LogP contribution in [0.1, 0.15) is 13.8 Å². The molecule has 9 heteroatoms. The molecule has 0 saturated carbocycles. The van der Waals surface area contributed by atoms with E-state index in [1.807, 2.05) is 0 Å². The molecule has 0 saturated heterocycles. The number of likely N-dealkylation sites (N-methyl/N-ethyl adjacent to an activating group) is 1. The van der Waals surface area contributed by atoms with E-state index in [0.29, 0.717) is 0 Å². The number of hydrogen-bond donors (Lipinski definition) is 0. The molecular weight excluding hydrogens is 304 g/mol. The van der Waals surface area contributed by atoms with Gasteiger partial charge in [-0.1, -0.05) is 23.2 Å². The van der Waals surface area contributed by atoms with Gasteiger partial charge >= 0.3 is 7.82 Å². The summed E-state index contributed by atoms with van der Waals surface area (Å²) in [5.74, 6) is -1.12. The monoisotopic (exact) mass is 319 g/mol. The molecule has 0 aliphatic carbocycles. The van der Waals surface area contributed by atoms with Crippen LogP contribution in [0.2, 0.25) is 0 Å². The molecule has 0 radical (unpaired) electrons. The number of phosphoric ester groups is 1. The molecule has 6 nitrogen and oxygen atoms in total. The van der Waals surface area contributed by atoms with Crippen molar-refractivity contribution >= 4 is 36.9 Å². The Balaban J connectivity index is 5.15. The second-order valence-electron chi connectivity index (χ2n) is 3.16. The molecule has 0 aliphatic heterocycles. The minimum atomic E-state index is -3.90. The van der Waals surface area contributed by atoms with Gasteiger partial charge < -0.3 is 9.42 Å². The molecule has 0 aromatic rings. The number of nitrogens with zero attached hydrogens (tertiary/aromatic N) is 1. The lowest BCUT2D eigenvalue weighted by Crippen LogP contribution is -2.25. The van der Waals surface area contributed by atoms with E-state index in [9.17, 15) is 9.36 Å². The van der Waals surface area contributed by atoms with Gasteiger partial charge in [-0.3, -0.25) is 13.8 Å². The molecule has 0 aromatic carbocycles. The van der Waals surface area contributed by atoms with Crippen LogP contribution < -0.4 is 0 Å². The third-order valence-electron chi connectivity index (χ3n) is 1.55. The average molecular weight is 320 g/mol. The standard InChI is InChI=1S/C9H16Cl2NO5P/c1-5-15-18(14,16-6-2)17-7(8(10)11)9(13)12(3)4/h5-6H2,1-4H3. The van der Waals surface area contributed by atoms with Crippen molar-refractivity contribution in [2.75, 3.05) is 27.3 Å². The Morgan fingerprint density at radius 1 is 1.17 bits per heavy atom. The number of phosphoric acid groups is 1. The zero-order valence-electron chi connectivity index (χ0n) is 10.6. The summed E-state index contributed by atoms with van der Waals surface area (Å²) in [4.78, 5) is 12.9. The molecule has 0 rings (SSSR count). The van der Waals surface area contributed by atoms with E-state index in [2.05, 4.69) is 0 Å². The third-order valence-corrected chi connectivity index (χ3v) is 3.45. The lowest BCUT2D eigenvalue weighted by molar-refractivity contribution is -0.127. The van der Waals surface area contributed by atoms with Crippen LogP contribution in [-0.4, -0.2) is 38.1 Å². The Kier molecular flexibility index (Phi) is 7.90. The number of carbonyl (C=O) groups excluding carboxylic acids is 1. The van der Waals surface area contributed by atoms with E-state index in [0.717, 1.165) is 0 Å². The molecule has 106 valence electrons. The molecular formula is C9H16Cl2NO5P. The van der Waals surface area contributed by atoms with Crippen LogP contribution in [0.25, 0.3) is 0 Å².